The monoisotopic (exact) mass is 194 g/mol. The van der Waals surface area contributed by atoms with Gasteiger partial charge in [-0.3, -0.25) is 9.78 Å². The summed E-state index contributed by atoms with van der Waals surface area (Å²) in [6.45, 7) is 6.35. The fraction of sp³-hybridized carbons (Fsp3) is 0.455. The molecule has 0 aliphatic carbocycles. The summed E-state index contributed by atoms with van der Waals surface area (Å²) < 4.78 is 0. The van der Waals surface area contributed by atoms with Crippen molar-refractivity contribution in [1.29, 1.82) is 0 Å². The van der Waals surface area contributed by atoms with E-state index in [1.54, 1.807) is 6.20 Å². The highest BCUT2D eigenvalue weighted by atomic mass is 16.1. The van der Waals surface area contributed by atoms with E-state index in [-0.39, 0.29) is 5.91 Å². The van der Waals surface area contributed by atoms with Gasteiger partial charge in [-0.15, -0.1) is 0 Å². The molecule has 1 N–H and O–H groups in total. The van der Waals surface area contributed by atoms with E-state index in [9.17, 15) is 4.79 Å². The van der Waals surface area contributed by atoms with Gasteiger partial charge in [0.2, 0.25) is 5.91 Å². The highest BCUT2D eigenvalue weighted by Crippen LogP contribution is 1.91. The molecule has 0 spiro atoms. The lowest BCUT2D eigenvalue weighted by Crippen LogP contribution is -2.21. The van der Waals surface area contributed by atoms with E-state index in [2.05, 4.69) is 10.3 Å². The van der Waals surface area contributed by atoms with Crippen LogP contribution in [-0.4, -0.2) is 10.9 Å². The van der Waals surface area contributed by atoms with Gasteiger partial charge in [0, 0.05) is 12.6 Å². The molecule has 0 radical (unpaired) electrons. The van der Waals surface area contributed by atoms with Crippen LogP contribution >= 0.6 is 0 Å². The summed E-state index contributed by atoms with van der Waals surface area (Å²) in [5, 5.41) is 2.75. The summed E-state index contributed by atoms with van der Waals surface area (Å²) in [4.78, 5) is 14.9. The Morgan fingerprint density at radius 1 is 1.43 bits per heavy atom. The maximum absolute atomic E-state index is 10.8. The van der Waals surface area contributed by atoms with E-state index in [4.69, 9.17) is 0 Å². The zero-order valence-corrected chi connectivity index (χ0v) is 9.08. The Balaban J connectivity index is 0.000000791. The second-order valence-corrected chi connectivity index (χ2v) is 2.45. The second-order valence-electron chi connectivity index (χ2n) is 2.45. The largest absolute Gasteiger partial charge is 0.350 e. The van der Waals surface area contributed by atoms with Crippen LogP contribution in [0.3, 0.4) is 0 Å². The Hall–Kier alpha value is -1.38. The fourth-order valence-electron chi connectivity index (χ4n) is 0.817. The van der Waals surface area contributed by atoms with Gasteiger partial charge >= 0.3 is 0 Å². The number of amides is 1. The minimum atomic E-state index is 0.0562. The molecule has 0 saturated heterocycles. The van der Waals surface area contributed by atoms with Gasteiger partial charge in [-0.25, -0.2) is 0 Å². The third kappa shape index (κ3) is 5.30. The van der Waals surface area contributed by atoms with Gasteiger partial charge in [-0.1, -0.05) is 26.8 Å². The van der Waals surface area contributed by atoms with Crippen molar-refractivity contribution in [2.24, 2.45) is 0 Å². The third-order valence-electron chi connectivity index (χ3n) is 1.51. The van der Waals surface area contributed by atoms with E-state index in [0.717, 1.165) is 5.69 Å². The summed E-state index contributed by atoms with van der Waals surface area (Å²) in [6.07, 6.45) is 2.24. The Labute approximate surface area is 85.6 Å². The molecular weight excluding hydrogens is 176 g/mol. The highest BCUT2D eigenvalue weighted by molar-refractivity contribution is 5.75. The van der Waals surface area contributed by atoms with Crippen molar-refractivity contribution >= 4 is 5.91 Å². The first-order chi connectivity index (χ1) is 6.83. The van der Waals surface area contributed by atoms with Crippen LogP contribution in [0.25, 0.3) is 0 Å². The normalized spacial score (nSPS) is 8.50. The first kappa shape index (κ1) is 12.6. The number of hydrogen-bond donors (Lipinski definition) is 1. The van der Waals surface area contributed by atoms with Crippen LogP contribution in [0.4, 0.5) is 0 Å². The molecule has 0 aromatic carbocycles. The minimum Gasteiger partial charge on any atom is -0.350 e. The molecule has 1 aromatic rings. The SMILES string of the molecule is CC.CCC(=O)NCc1ccccn1. The lowest BCUT2D eigenvalue weighted by Gasteiger charge is -2.01. The Kier molecular flexibility index (Phi) is 7.42. The number of carbonyl (C=O) groups excluding carboxylic acids is 1. The van der Waals surface area contributed by atoms with Crippen LogP contribution in [0.5, 0.6) is 0 Å². The van der Waals surface area contributed by atoms with E-state index >= 15 is 0 Å². The van der Waals surface area contributed by atoms with E-state index < -0.39 is 0 Å². The number of pyridine rings is 1. The topological polar surface area (TPSA) is 42.0 Å². The maximum atomic E-state index is 10.8. The van der Waals surface area contributed by atoms with Crippen LogP contribution in [0, 0.1) is 0 Å². The zero-order chi connectivity index (χ0) is 10.8. The molecule has 0 unspecified atom stereocenters. The van der Waals surface area contributed by atoms with Crippen LogP contribution in [-0.2, 0) is 11.3 Å². The fourth-order valence-corrected chi connectivity index (χ4v) is 0.817. The van der Waals surface area contributed by atoms with Crippen molar-refractivity contribution in [3.63, 3.8) is 0 Å². The third-order valence-corrected chi connectivity index (χ3v) is 1.51. The number of aromatic nitrogens is 1. The average molecular weight is 194 g/mol. The molecule has 0 saturated carbocycles. The molecule has 0 atom stereocenters. The first-order valence-corrected chi connectivity index (χ1v) is 4.99. The molecule has 1 heterocycles. The molecule has 1 rings (SSSR count). The lowest BCUT2D eigenvalue weighted by atomic mass is 10.3. The molecule has 0 aliphatic rings. The van der Waals surface area contributed by atoms with Gasteiger partial charge in [0.05, 0.1) is 12.2 Å². The smallest absolute Gasteiger partial charge is 0.220 e. The number of nitrogens with zero attached hydrogens (tertiary/aromatic N) is 1. The Bertz CT molecular complexity index is 247. The summed E-state index contributed by atoms with van der Waals surface area (Å²) in [6, 6.07) is 5.64. The molecule has 3 heteroatoms. The Morgan fingerprint density at radius 2 is 2.14 bits per heavy atom. The zero-order valence-electron chi connectivity index (χ0n) is 9.08. The second kappa shape index (κ2) is 8.23. The van der Waals surface area contributed by atoms with Crippen molar-refractivity contribution in [2.75, 3.05) is 0 Å². The van der Waals surface area contributed by atoms with Crippen molar-refractivity contribution in [2.45, 2.75) is 33.7 Å². The van der Waals surface area contributed by atoms with Crippen LogP contribution in [0.15, 0.2) is 24.4 Å². The van der Waals surface area contributed by atoms with E-state index in [1.807, 2.05) is 39.0 Å². The van der Waals surface area contributed by atoms with Gasteiger partial charge in [0.1, 0.15) is 0 Å². The summed E-state index contributed by atoms with van der Waals surface area (Å²) in [5.74, 6) is 0.0562. The number of carbonyl (C=O) groups is 1. The molecule has 0 fully saturated rings. The van der Waals surface area contributed by atoms with Gasteiger partial charge in [-0.05, 0) is 12.1 Å². The highest BCUT2D eigenvalue weighted by Gasteiger charge is 1.96. The molecule has 1 aromatic heterocycles. The van der Waals surface area contributed by atoms with Crippen LogP contribution in [0.2, 0.25) is 0 Å². The van der Waals surface area contributed by atoms with Gasteiger partial charge < -0.3 is 5.32 Å². The molecule has 0 aliphatic heterocycles. The summed E-state index contributed by atoms with van der Waals surface area (Å²) in [7, 11) is 0. The average Bonchev–Trinajstić information content (AvgIpc) is 2.30. The van der Waals surface area contributed by atoms with Crippen molar-refractivity contribution in [3.8, 4) is 0 Å². The predicted molar refractivity (Wildman–Crippen MR) is 57.7 cm³/mol. The van der Waals surface area contributed by atoms with Gasteiger partial charge in [-0.2, -0.15) is 0 Å². The standard InChI is InChI=1S/C9H12N2O.C2H6/c1-2-9(12)11-7-8-5-3-4-6-10-8;1-2/h3-6H,2,7H2,1H3,(H,11,12);1-2H3. The lowest BCUT2D eigenvalue weighted by molar-refractivity contribution is -0.120. The van der Waals surface area contributed by atoms with Crippen molar-refractivity contribution < 1.29 is 4.79 Å². The molecule has 3 nitrogen and oxygen atoms in total. The number of hydrogen-bond acceptors (Lipinski definition) is 2. The van der Waals surface area contributed by atoms with Gasteiger partial charge in [0.15, 0.2) is 0 Å². The summed E-state index contributed by atoms with van der Waals surface area (Å²) in [5.41, 5.74) is 0.888. The van der Waals surface area contributed by atoms with Crippen molar-refractivity contribution in [1.82, 2.24) is 10.3 Å². The molecule has 78 valence electrons. The minimum absolute atomic E-state index is 0.0562. The molecule has 14 heavy (non-hydrogen) atoms. The number of rotatable bonds is 3. The van der Waals surface area contributed by atoms with E-state index in [0.29, 0.717) is 13.0 Å². The van der Waals surface area contributed by atoms with E-state index in [1.165, 1.54) is 0 Å². The quantitative estimate of drug-likeness (QED) is 0.801. The Morgan fingerprint density at radius 3 is 2.64 bits per heavy atom. The summed E-state index contributed by atoms with van der Waals surface area (Å²) >= 11 is 0. The van der Waals surface area contributed by atoms with Gasteiger partial charge in [0.25, 0.3) is 0 Å². The first-order valence-electron chi connectivity index (χ1n) is 4.99. The predicted octanol–water partition coefficient (Wildman–Crippen LogP) is 2.13. The molecular formula is C11H18N2O. The van der Waals surface area contributed by atoms with Crippen molar-refractivity contribution in [3.05, 3.63) is 30.1 Å². The number of nitrogens with one attached hydrogen (secondary N) is 1. The maximum Gasteiger partial charge on any atom is 0.220 e. The molecule has 0 bridgehead atoms. The molecule has 1 amide bonds. The van der Waals surface area contributed by atoms with Crippen LogP contribution in [0.1, 0.15) is 32.9 Å². The van der Waals surface area contributed by atoms with Crippen LogP contribution < -0.4 is 5.32 Å².